The molecule has 0 aliphatic carbocycles. The van der Waals surface area contributed by atoms with Crippen LogP contribution in [-0.4, -0.2) is 64.9 Å². The van der Waals surface area contributed by atoms with Crippen LogP contribution in [-0.2, 0) is 24.4 Å². The number of esters is 1. The van der Waals surface area contributed by atoms with E-state index in [4.69, 9.17) is 11.5 Å². The molecular weight excluding hydrogens is 490 g/mol. The van der Waals surface area contributed by atoms with Crippen molar-refractivity contribution < 1.29 is 40.8 Å². The second kappa shape index (κ2) is 8.79. The van der Waals surface area contributed by atoms with E-state index in [0.717, 1.165) is 6.07 Å². The number of nitrogens with zero attached hydrogens (tertiary/aromatic N) is 1. The number of carbonyl (C=O) groups excluding carboxylic acids is 4. The number of aliphatic imine (C=N–C) groups is 1. The van der Waals surface area contributed by atoms with Crippen LogP contribution in [0.3, 0.4) is 0 Å². The van der Waals surface area contributed by atoms with Crippen LogP contribution in [0, 0.1) is 0 Å². The monoisotopic (exact) mass is 507 g/mol. The van der Waals surface area contributed by atoms with E-state index in [9.17, 15) is 36.0 Å². The Hall–Kier alpha value is -3.91. The molecule has 0 bridgehead atoms. The summed E-state index contributed by atoms with van der Waals surface area (Å²) in [5, 5.41) is 0. The van der Waals surface area contributed by atoms with Crippen molar-refractivity contribution in [3.05, 3.63) is 58.7 Å². The van der Waals surface area contributed by atoms with Crippen LogP contribution in [0.2, 0.25) is 0 Å². The first-order valence-corrected chi connectivity index (χ1v) is 12.6. The summed E-state index contributed by atoms with van der Waals surface area (Å²) in [6, 6.07) is 7.62. The number of sulfone groups is 2. The van der Waals surface area contributed by atoms with Gasteiger partial charge in [0.2, 0.25) is 0 Å². The van der Waals surface area contributed by atoms with E-state index in [-0.39, 0.29) is 32.0 Å². The molecule has 4 rings (SSSR count). The number of Topliss-reactive ketones (excluding diaryl/α,β-unsaturated/α-hetero) is 2. The zero-order chi connectivity index (χ0) is 25.4. The molecule has 0 radical (unpaired) electrons. The molecule has 2 aromatic carbocycles. The minimum Gasteiger partial charge on any atom is -0.465 e. The van der Waals surface area contributed by atoms with Gasteiger partial charge in [-0.1, -0.05) is 0 Å². The lowest BCUT2D eigenvalue weighted by molar-refractivity contribution is 0.0599. The highest BCUT2D eigenvalue weighted by molar-refractivity contribution is 7.93. The van der Waals surface area contributed by atoms with E-state index in [1.54, 1.807) is 0 Å². The number of amides is 1. The van der Waals surface area contributed by atoms with Crippen molar-refractivity contribution in [2.45, 2.75) is 9.79 Å². The molecule has 0 saturated heterocycles. The van der Waals surface area contributed by atoms with Crippen LogP contribution < -0.4 is 11.5 Å². The fourth-order valence-corrected chi connectivity index (χ4v) is 6.20. The van der Waals surface area contributed by atoms with Crippen molar-refractivity contribution in [3.63, 3.8) is 0 Å². The van der Waals surface area contributed by atoms with Crippen LogP contribution in [0.4, 0.5) is 0 Å². The minimum absolute atomic E-state index is 0.0143. The third kappa shape index (κ3) is 4.72. The number of ether oxygens (including phenoxy) is 1. The molecule has 34 heavy (non-hydrogen) atoms. The minimum atomic E-state index is -3.65. The number of hydrogen-bond acceptors (Lipinski definition) is 9. The highest BCUT2D eigenvalue weighted by Gasteiger charge is 2.34. The van der Waals surface area contributed by atoms with Gasteiger partial charge in [-0.15, -0.1) is 0 Å². The third-order valence-electron chi connectivity index (χ3n) is 4.78. The molecule has 178 valence electrons. The number of guanidine groups is 1. The van der Waals surface area contributed by atoms with Gasteiger partial charge in [0, 0.05) is 16.7 Å². The first-order valence-electron chi connectivity index (χ1n) is 9.29. The normalized spacial score (nSPS) is 16.5. The molecule has 0 saturated carbocycles. The Kier molecular flexibility index (Phi) is 6.40. The molecule has 2 heterocycles. The Morgan fingerprint density at radius 3 is 1.71 bits per heavy atom. The van der Waals surface area contributed by atoms with Gasteiger partial charge in [0.25, 0.3) is 5.91 Å². The number of ketones is 2. The number of rotatable bonds is 2. The summed E-state index contributed by atoms with van der Waals surface area (Å²) in [5.74, 6) is -3.81. The summed E-state index contributed by atoms with van der Waals surface area (Å²) in [4.78, 5) is 48.5. The van der Waals surface area contributed by atoms with Crippen LogP contribution >= 0.6 is 0 Å². The van der Waals surface area contributed by atoms with Crippen molar-refractivity contribution in [2.75, 3.05) is 18.6 Å². The van der Waals surface area contributed by atoms with Gasteiger partial charge in [0.05, 0.1) is 22.5 Å². The predicted octanol–water partition coefficient (Wildman–Crippen LogP) is -0.487. The van der Waals surface area contributed by atoms with E-state index in [1.165, 1.54) is 37.4 Å². The molecule has 2 aromatic rings. The number of hydrogen-bond donors (Lipinski definition) is 2. The van der Waals surface area contributed by atoms with Gasteiger partial charge in [-0.3, -0.25) is 14.4 Å². The highest BCUT2D eigenvalue weighted by atomic mass is 32.2. The van der Waals surface area contributed by atoms with Crippen molar-refractivity contribution in [2.24, 2.45) is 16.5 Å². The van der Waals surface area contributed by atoms with E-state index in [1.807, 2.05) is 0 Å². The topological polar surface area (TPSA) is 210 Å². The van der Waals surface area contributed by atoms with Crippen LogP contribution in [0.5, 0.6) is 0 Å². The Morgan fingerprint density at radius 1 is 0.824 bits per heavy atom. The van der Waals surface area contributed by atoms with Gasteiger partial charge >= 0.3 is 5.97 Å². The quantitative estimate of drug-likeness (QED) is 0.301. The van der Waals surface area contributed by atoms with E-state index < -0.39 is 60.6 Å². The van der Waals surface area contributed by atoms with E-state index in [0.29, 0.717) is 0 Å². The maximum atomic E-state index is 11.6. The second-order valence-corrected chi connectivity index (χ2v) is 11.0. The Bertz CT molecular complexity index is 1500. The first-order chi connectivity index (χ1) is 15.8. The van der Waals surface area contributed by atoms with Crippen LogP contribution in [0.15, 0.2) is 51.2 Å². The van der Waals surface area contributed by atoms with Gasteiger partial charge in [-0.25, -0.2) is 21.6 Å². The molecule has 12 nitrogen and oxygen atoms in total. The summed E-state index contributed by atoms with van der Waals surface area (Å²) in [5.41, 5.74) is 10.5. The zero-order valence-corrected chi connectivity index (χ0v) is 19.1. The van der Waals surface area contributed by atoms with Crippen molar-refractivity contribution in [1.82, 2.24) is 0 Å². The van der Waals surface area contributed by atoms with E-state index >= 15 is 0 Å². The van der Waals surface area contributed by atoms with Gasteiger partial charge in [0.1, 0.15) is 11.5 Å². The summed E-state index contributed by atoms with van der Waals surface area (Å²) in [7, 11) is -6.02. The third-order valence-corrected chi connectivity index (χ3v) is 8.08. The molecule has 0 spiro atoms. The molecule has 4 N–H and O–H groups in total. The van der Waals surface area contributed by atoms with Crippen LogP contribution in [0.1, 0.15) is 41.4 Å². The van der Waals surface area contributed by atoms with E-state index in [2.05, 4.69) is 9.73 Å². The zero-order valence-electron chi connectivity index (χ0n) is 17.5. The van der Waals surface area contributed by atoms with Gasteiger partial charge < -0.3 is 16.2 Å². The van der Waals surface area contributed by atoms with Crippen molar-refractivity contribution in [1.29, 1.82) is 0 Å². The molecular formula is C20H17N3O9S2. The number of carbonyl (C=O) groups is 4. The Morgan fingerprint density at radius 2 is 1.26 bits per heavy atom. The standard InChI is InChI=1S/C10H9N3O4S.C10H8O5S/c11-10(12)13-9(15)5-1-2-6-7(14)4-18(16,17)8(6)3-5;1-15-10(12)6-2-3-7-8(11)5-16(13,14)9(7)4-6/h1-3H,4H2,(H4,11,12,13,15);2-4H,5H2,1H3. The van der Waals surface area contributed by atoms with Crippen LogP contribution in [0.25, 0.3) is 0 Å². The summed E-state index contributed by atoms with van der Waals surface area (Å²) in [6.07, 6.45) is 0. The largest absolute Gasteiger partial charge is 0.465 e. The van der Waals surface area contributed by atoms with Crippen molar-refractivity contribution in [3.8, 4) is 0 Å². The molecule has 0 atom stereocenters. The average molecular weight is 508 g/mol. The maximum absolute atomic E-state index is 11.6. The van der Waals surface area contributed by atoms with Crippen molar-refractivity contribution >= 4 is 49.1 Å². The fraction of sp³-hybridized carbons (Fsp3) is 0.150. The average Bonchev–Trinajstić information content (AvgIpc) is 3.14. The number of nitrogens with two attached hydrogens (primary N) is 2. The summed E-state index contributed by atoms with van der Waals surface area (Å²) < 4.78 is 50.9. The summed E-state index contributed by atoms with van der Waals surface area (Å²) in [6.45, 7) is 0. The molecule has 2 aliphatic rings. The number of benzene rings is 2. The molecule has 14 heteroatoms. The predicted molar refractivity (Wildman–Crippen MR) is 117 cm³/mol. The number of fused-ring (bicyclic) bond motifs is 2. The molecule has 0 unspecified atom stereocenters. The molecule has 0 aromatic heterocycles. The Balaban J connectivity index is 0.000000192. The number of methoxy groups -OCH3 is 1. The fourth-order valence-electron chi connectivity index (χ4n) is 3.24. The molecule has 1 amide bonds. The SMILES string of the molecule is COC(=O)c1ccc2c(c1)S(=O)(=O)CC2=O.NC(N)=NC(=O)c1ccc2c(c1)S(=O)(=O)CC2=O. The second-order valence-electron chi connectivity index (χ2n) is 7.12. The lowest BCUT2D eigenvalue weighted by Gasteiger charge is -2.01. The maximum Gasteiger partial charge on any atom is 0.337 e. The first kappa shape index (κ1) is 24.7. The van der Waals surface area contributed by atoms with Gasteiger partial charge in [-0.05, 0) is 36.4 Å². The van der Waals surface area contributed by atoms with Gasteiger partial charge in [0.15, 0.2) is 37.2 Å². The summed E-state index contributed by atoms with van der Waals surface area (Å²) >= 11 is 0. The van der Waals surface area contributed by atoms with Gasteiger partial charge in [-0.2, -0.15) is 4.99 Å². The lowest BCUT2D eigenvalue weighted by atomic mass is 10.1. The highest BCUT2D eigenvalue weighted by Crippen LogP contribution is 2.28. The lowest BCUT2D eigenvalue weighted by Crippen LogP contribution is -2.24. The molecule has 0 fully saturated rings. The Labute approximate surface area is 193 Å². The molecule has 2 aliphatic heterocycles. The smallest absolute Gasteiger partial charge is 0.337 e.